The highest BCUT2D eigenvalue weighted by Gasteiger charge is 2.03. The van der Waals surface area contributed by atoms with Gasteiger partial charge in [-0.25, -0.2) is 0 Å². The maximum absolute atomic E-state index is 11.6. The second-order valence-electron chi connectivity index (χ2n) is 4.80. The quantitative estimate of drug-likeness (QED) is 0.678. The Kier molecular flexibility index (Phi) is 8.16. The van der Waals surface area contributed by atoms with Gasteiger partial charge in [0, 0.05) is 19.4 Å². The van der Waals surface area contributed by atoms with E-state index in [-0.39, 0.29) is 12.3 Å². The lowest BCUT2D eigenvalue weighted by atomic mass is 10.1. The number of hydrogen-bond donors (Lipinski definition) is 2. The predicted molar refractivity (Wildman–Crippen MR) is 83.9 cm³/mol. The van der Waals surface area contributed by atoms with Crippen LogP contribution in [-0.4, -0.2) is 23.5 Å². The first-order valence-electron chi connectivity index (χ1n) is 6.91. The van der Waals surface area contributed by atoms with Crippen molar-refractivity contribution in [2.24, 2.45) is 0 Å². The van der Waals surface area contributed by atoms with Gasteiger partial charge in [0.25, 0.3) is 0 Å². The number of aliphatic carboxylic acids is 1. The number of nitrogens with one attached hydrogen (secondary N) is 1. The Hall–Kier alpha value is -1.26. The first kappa shape index (κ1) is 17.8. The van der Waals surface area contributed by atoms with Crippen LogP contribution in [0.4, 0.5) is 0 Å². The highest BCUT2D eigenvalue weighted by atomic mass is 35.5. The largest absolute Gasteiger partial charge is 0.481 e. The van der Waals surface area contributed by atoms with Crippen LogP contribution < -0.4 is 5.32 Å². The van der Waals surface area contributed by atoms with Crippen LogP contribution in [-0.2, 0) is 16.0 Å². The molecule has 1 aromatic carbocycles. The summed E-state index contributed by atoms with van der Waals surface area (Å²) in [6.45, 7) is 0.527. The lowest BCUT2D eigenvalue weighted by Gasteiger charge is -2.05. The summed E-state index contributed by atoms with van der Waals surface area (Å²) in [5, 5.41) is 12.3. The van der Waals surface area contributed by atoms with Gasteiger partial charge in [-0.15, -0.1) is 0 Å². The highest BCUT2D eigenvalue weighted by Crippen LogP contribution is 2.23. The molecule has 0 bridgehead atoms. The van der Waals surface area contributed by atoms with Gasteiger partial charge in [0.05, 0.1) is 10.0 Å². The zero-order chi connectivity index (χ0) is 15.7. The van der Waals surface area contributed by atoms with E-state index in [1.165, 1.54) is 0 Å². The molecule has 0 fully saturated rings. The molecule has 21 heavy (non-hydrogen) atoms. The number of benzene rings is 1. The number of aryl methyl sites for hydroxylation is 1. The van der Waals surface area contributed by atoms with E-state index in [2.05, 4.69) is 5.32 Å². The van der Waals surface area contributed by atoms with Gasteiger partial charge in [0.15, 0.2) is 0 Å². The van der Waals surface area contributed by atoms with Crippen LogP contribution in [0, 0.1) is 0 Å². The fraction of sp³-hybridized carbons (Fsp3) is 0.467. The highest BCUT2D eigenvalue weighted by molar-refractivity contribution is 6.42. The third-order valence-electron chi connectivity index (χ3n) is 2.99. The minimum absolute atomic E-state index is 0.00890. The molecular weight excluding hydrogens is 313 g/mol. The Bertz CT molecular complexity index is 492. The van der Waals surface area contributed by atoms with Gasteiger partial charge in [0.2, 0.25) is 5.91 Å². The van der Waals surface area contributed by atoms with E-state index >= 15 is 0 Å². The Morgan fingerprint density at radius 1 is 1.05 bits per heavy atom. The molecule has 1 aromatic rings. The molecule has 6 heteroatoms. The molecule has 0 heterocycles. The molecule has 116 valence electrons. The molecule has 1 amide bonds. The number of rotatable bonds is 9. The molecule has 0 radical (unpaired) electrons. The Morgan fingerprint density at radius 2 is 1.81 bits per heavy atom. The van der Waals surface area contributed by atoms with E-state index in [1.54, 1.807) is 6.07 Å². The fourth-order valence-corrected chi connectivity index (χ4v) is 2.19. The Morgan fingerprint density at radius 3 is 2.48 bits per heavy atom. The van der Waals surface area contributed by atoms with Crippen molar-refractivity contribution in [1.29, 1.82) is 0 Å². The Labute approximate surface area is 134 Å². The molecule has 0 aliphatic heterocycles. The minimum Gasteiger partial charge on any atom is -0.481 e. The van der Waals surface area contributed by atoms with Gasteiger partial charge in [-0.1, -0.05) is 29.3 Å². The number of hydrogen-bond acceptors (Lipinski definition) is 2. The standard InChI is InChI=1S/C15H19Cl2NO3/c16-12-8-7-11(10-13(12)17)4-3-5-14(19)18-9-2-1-6-15(20)21/h7-8,10H,1-6,9H2,(H,18,19)(H,20,21). The van der Waals surface area contributed by atoms with Gasteiger partial charge >= 0.3 is 5.97 Å². The van der Waals surface area contributed by atoms with Crippen LogP contribution in [0.5, 0.6) is 0 Å². The van der Waals surface area contributed by atoms with E-state index in [0.717, 1.165) is 18.4 Å². The smallest absolute Gasteiger partial charge is 0.303 e. The predicted octanol–water partition coefficient (Wildman–Crippen LogP) is 3.69. The molecule has 0 unspecified atom stereocenters. The normalized spacial score (nSPS) is 10.4. The van der Waals surface area contributed by atoms with Crippen LogP contribution in [0.1, 0.15) is 37.7 Å². The Balaban J connectivity index is 2.13. The topological polar surface area (TPSA) is 66.4 Å². The molecule has 0 aliphatic carbocycles. The van der Waals surface area contributed by atoms with Gasteiger partial charge in [0.1, 0.15) is 0 Å². The number of carboxylic acids is 1. The number of carbonyl (C=O) groups is 2. The van der Waals surface area contributed by atoms with Crippen LogP contribution in [0.3, 0.4) is 0 Å². The SMILES string of the molecule is O=C(O)CCCCNC(=O)CCCc1ccc(Cl)c(Cl)c1. The van der Waals surface area contributed by atoms with E-state index < -0.39 is 5.97 Å². The molecule has 0 aromatic heterocycles. The molecule has 0 saturated heterocycles. The maximum atomic E-state index is 11.6. The van der Waals surface area contributed by atoms with Crippen molar-refractivity contribution >= 4 is 35.1 Å². The summed E-state index contributed by atoms with van der Waals surface area (Å²) in [5.41, 5.74) is 1.05. The van der Waals surface area contributed by atoms with E-state index in [4.69, 9.17) is 28.3 Å². The van der Waals surface area contributed by atoms with Crippen molar-refractivity contribution in [2.75, 3.05) is 6.54 Å². The molecule has 0 aliphatic rings. The summed E-state index contributed by atoms with van der Waals surface area (Å²) in [6, 6.07) is 5.47. The molecular formula is C15H19Cl2NO3. The molecule has 0 spiro atoms. The van der Waals surface area contributed by atoms with Crippen molar-refractivity contribution in [1.82, 2.24) is 5.32 Å². The van der Waals surface area contributed by atoms with Crippen molar-refractivity contribution in [3.05, 3.63) is 33.8 Å². The summed E-state index contributed by atoms with van der Waals surface area (Å²) in [5.74, 6) is -0.812. The fourth-order valence-electron chi connectivity index (χ4n) is 1.87. The third-order valence-corrected chi connectivity index (χ3v) is 3.73. The van der Waals surface area contributed by atoms with Gasteiger partial charge in [-0.05, 0) is 43.4 Å². The number of carbonyl (C=O) groups excluding carboxylic acids is 1. The lowest BCUT2D eigenvalue weighted by molar-refractivity contribution is -0.137. The molecule has 1 rings (SSSR count). The van der Waals surface area contributed by atoms with E-state index in [1.807, 2.05) is 12.1 Å². The third kappa shape index (κ3) is 7.93. The molecule has 4 nitrogen and oxygen atoms in total. The zero-order valence-electron chi connectivity index (χ0n) is 11.7. The van der Waals surface area contributed by atoms with Crippen molar-refractivity contribution < 1.29 is 14.7 Å². The second-order valence-corrected chi connectivity index (χ2v) is 5.62. The monoisotopic (exact) mass is 331 g/mol. The van der Waals surface area contributed by atoms with Gasteiger partial charge < -0.3 is 10.4 Å². The number of unbranched alkanes of at least 4 members (excludes halogenated alkanes) is 1. The van der Waals surface area contributed by atoms with Crippen LogP contribution in [0.15, 0.2) is 18.2 Å². The number of amides is 1. The van der Waals surface area contributed by atoms with E-state index in [9.17, 15) is 9.59 Å². The van der Waals surface area contributed by atoms with Crippen LogP contribution in [0.2, 0.25) is 10.0 Å². The number of carboxylic acid groups (broad SMARTS) is 1. The zero-order valence-corrected chi connectivity index (χ0v) is 13.2. The van der Waals surface area contributed by atoms with Gasteiger partial charge in [-0.3, -0.25) is 9.59 Å². The van der Waals surface area contributed by atoms with Crippen molar-refractivity contribution in [3.8, 4) is 0 Å². The molecule has 2 N–H and O–H groups in total. The summed E-state index contributed by atoms with van der Waals surface area (Å²) < 4.78 is 0. The summed E-state index contributed by atoms with van der Waals surface area (Å²) >= 11 is 11.8. The first-order valence-corrected chi connectivity index (χ1v) is 7.67. The van der Waals surface area contributed by atoms with E-state index in [0.29, 0.717) is 35.9 Å². The second kappa shape index (κ2) is 9.64. The van der Waals surface area contributed by atoms with Crippen molar-refractivity contribution in [3.63, 3.8) is 0 Å². The molecule has 0 saturated carbocycles. The molecule has 0 atom stereocenters. The number of halogens is 2. The minimum atomic E-state index is -0.803. The average molecular weight is 332 g/mol. The maximum Gasteiger partial charge on any atom is 0.303 e. The summed E-state index contributed by atoms with van der Waals surface area (Å²) in [4.78, 5) is 21.9. The summed E-state index contributed by atoms with van der Waals surface area (Å²) in [7, 11) is 0. The van der Waals surface area contributed by atoms with Crippen molar-refractivity contribution in [2.45, 2.75) is 38.5 Å². The van der Waals surface area contributed by atoms with Gasteiger partial charge in [-0.2, -0.15) is 0 Å². The lowest BCUT2D eigenvalue weighted by Crippen LogP contribution is -2.24. The summed E-state index contributed by atoms with van der Waals surface area (Å²) in [6.07, 6.45) is 3.36. The van der Waals surface area contributed by atoms with Crippen LogP contribution >= 0.6 is 23.2 Å². The van der Waals surface area contributed by atoms with Crippen LogP contribution in [0.25, 0.3) is 0 Å². The first-order chi connectivity index (χ1) is 9.99. The average Bonchev–Trinajstić information content (AvgIpc) is 2.42.